The Labute approximate surface area is 101 Å². The molecule has 98 valence electrons. The summed E-state index contributed by atoms with van der Waals surface area (Å²) in [6.45, 7) is 0.0890. The first-order valence-electron chi connectivity index (χ1n) is 5.10. The second kappa shape index (κ2) is 4.40. The number of halogens is 3. The summed E-state index contributed by atoms with van der Waals surface area (Å²) >= 11 is 0. The number of carbonyl (C=O) groups is 1. The van der Waals surface area contributed by atoms with Crippen molar-refractivity contribution in [3.8, 4) is 5.75 Å². The summed E-state index contributed by atoms with van der Waals surface area (Å²) in [5, 5.41) is 2.48. The minimum atomic E-state index is -4.41. The molecular weight excluding hydrogens is 251 g/mol. The number of benzene rings is 1. The van der Waals surface area contributed by atoms with Gasteiger partial charge in [0.25, 0.3) is 0 Å². The average molecular weight is 261 g/mol. The Kier molecular flexibility index (Phi) is 3.06. The fourth-order valence-electron chi connectivity index (χ4n) is 1.71. The lowest BCUT2D eigenvalue weighted by atomic mass is 10.1. The summed E-state index contributed by atoms with van der Waals surface area (Å²) in [5.41, 5.74) is -0.270. The molecule has 0 aliphatic carbocycles. The van der Waals surface area contributed by atoms with Crippen molar-refractivity contribution >= 4 is 6.09 Å². The van der Waals surface area contributed by atoms with Crippen LogP contribution in [0, 0.1) is 0 Å². The molecule has 1 aromatic rings. The Bertz CT molecular complexity index is 473. The Morgan fingerprint density at radius 1 is 1.50 bits per heavy atom. The topological polar surface area (TPSA) is 47.6 Å². The molecule has 0 saturated carbocycles. The van der Waals surface area contributed by atoms with E-state index in [9.17, 15) is 18.0 Å². The molecule has 0 saturated heterocycles. The van der Waals surface area contributed by atoms with E-state index in [4.69, 9.17) is 4.74 Å². The van der Waals surface area contributed by atoms with Crippen LogP contribution in [0.1, 0.15) is 17.2 Å². The number of rotatable bonds is 1. The lowest BCUT2D eigenvalue weighted by Crippen LogP contribution is -2.29. The highest BCUT2D eigenvalue weighted by atomic mass is 19.4. The average Bonchev–Trinajstić information content (AvgIpc) is 2.70. The molecule has 0 spiro atoms. The van der Waals surface area contributed by atoms with Crippen LogP contribution in [0.3, 0.4) is 0 Å². The van der Waals surface area contributed by atoms with Crippen molar-refractivity contribution in [2.75, 3.05) is 13.7 Å². The molecule has 0 bridgehead atoms. The molecule has 4 nitrogen and oxygen atoms in total. The lowest BCUT2D eigenvalue weighted by molar-refractivity contribution is -0.137. The molecule has 1 N–H and O–H groups in total. The third-order valence-corrected chi connectivity index (χ3v) is 2.60. The van der Waals surface area contributed by atoms with Crippen molar-refractivity contribution in [3.05, 3.63) is 29.3 Å². The minimum Gasteiger partial charge on any atom is -0.491 e. The molecule has 1 aliphatic heterocycles. The van der Waals surface area contributed by atoms with E-state index < -0.39 is 23.9 Å². The van der Waals surface area contributed by atoms with E-state index in [1.807, 2.05) is 0 Å². The van der Waals surface area contributed by atoms with Crippen molar-refractivity contribution in [2.24, 2.45) is 0 Å². The second-order valence-corrected chi connectivity index (χ2v) is 3.75. The van der Waals surface area contributed by atoms with E-state index in [1.165, 1.54) is 13.2 Å². The molecule has 0 fully saturated rings. The van der Waals surface area contributed by atoms with E-state index in [-0.39, 0.29) is 12.4 Å². The highest BCUT2D eigenvalue weighted by Gasteiger charge is 2.34. The summed E-state index contributed by atoms with van der Waals surface area (Å²) in [6, 6.07) is 2.69. The first kappa shape index (κ1) is 12.5. The molecule has 1 aliphatic rings. The van der Waals surface area contributed by atoms with Gasteiger partial charge in [0, 0.05) is 5.56 Å². The van der Waals surface area contributed by atoms with E-state index >= 15 is 0 Å². The van der Waals surface area contributed by atoms with Gasteiger partial charge in [-0.3, -0.25) is 0 Å². The smallest absolute Gasteiger partial charge is 0.416 e. The van der Waals surface area contributed by atoms with E-state index in [1.54, 1.807) is 0 Å². The van der Waals surface area contributed by atoms with Crippen LogP contribution in [0.15, 0.2) is 18.2 Å². The first-order chi connectivity index (χ1) is 8.41. The number of methoxy groups -OCH3 is 1. The van der Waals surface area contributed by atoms with Crippen molar-refractivity contribution < 1.29 is 27.4 Å². The third kappa shape index (κ3) is 2.34. The van der Waals surface area contributed by atoms with Crippen LogP contribution in [0.4, 0.5) is 18.0 Å². The van der Waals surface area contributed by atoms with Gasteiger partial charge in [0.15, 0.2) is 0 Å². The van der Waals surface area contributed by atoms with Crippen LogP contribution in [0.25, 0.3) is 0 Å². The zero-order valence-corrected chi connectivity index (χ0v) is 9.38. The summed E-state index contributed by atoms with van der Waals surface area (Å²) in [6.07, 6.45) is -5.07. The number of nitrogens with one attached hydrogen (secondary N) is 1. The molecule has 1 amide bonds. The zero-order chi connectivity index (χ0) is 13.3. The Hall–Kier alpha value is -1.92. The number of alkyl carbamates (subject to hydrolysis) is 1. The highest BCUT2D eigenvalue weighted by Crippen LogP contribution is 2.38. The molecule has 7 heteroatoms. The maximum absolute atomic E-state index is 12.5. The fourth-order valence-corrected chi connectivity index (χ4v) is 1.71. The van der Waals surface area contributed by atoms with Crippen LogP contribution in [0.5, 0.6) is 5.75 Å². The van der Waals surface area contributed by atoms with Gasteiger partial charge in [-0.2, -0.15) is 13.2 Å². The van der Waals surface area contributed by atoms with E-state index in [0.717, 1.165) is 12.1 Å². The van der Waals surface area contributed by atoms with Crippen molar-refractivity contribution in [1.29, 1.82) is 0 Å². The molecule has 2 rings (SSSR count). The predicted molar refractivity (Wildman–Crippen MR) is 55.2 cm³/mol. The largest absolute Gasteiger partial charge is 0.491 e. The van der Waals surface area contributed by atoms with Crippen molar-refractivity contribution in [3.63, 3.8) is 0 Å². The quantitative estimate of drug-likeness (QED) is 0.844. The molecule has 0 radical (unpaired) electrons. The van der Waals surface area contributed by atoms with Gasteiger partial charge in [-0.15, -0.1) is 0 Å². The molecule has 0 unspecified atom stereocenters. The number of amides is 1. The second-order valence-electron chi connectivity index (χ2n) is 3.75. The maximum Gasteiger partial charge on any atom is 0.416 e. The van der Waals surface area contributed by atoms with Gasteiger partial charge in [0.1, 0.15) is 12.4 Å². The van der Waals surface area contributed by atoms with Gasteiger partial charge < -0.3 is 14.8 Å². The zero-order valence-electron chi connectivity index (χ0n) is 9.38. The fraction of sp³-hybridized carbons (Fsp3) is 0.364. The first-order valence-corrected chi connectivity index (χ1v) is 5.10. The molecule has 1 aromatic carbocycles. The Balaban J connectivity index is 2.23. The monoisotopic (exact) mass is 261 g/mol. The van der Waals surface area contributed by atoms with E-state index in [0.29, 0.717) is 5.56 Å². The number of hydrogen-bond donors (Lipinski definition) is 1. The lowest BCUT2D eigenvalue weighted by Gasteiger charge is -2.11. The van der Waals surface area contributed by atoms with Gasteiger partial charge >= 0.3 is 12.3 Å². The minimum absolute atomic E-state index is 0.0890. The van der Waals surface area contributed by atoms with Crippen LogP contribution in [0.2, 0.25) is 0 Å². The number of carbonyl (C=O) groups excluding carboxylic acids is 1. The van der Waals surface area contributed by atoms with Crippen LogP contribution >= 0.6 is 0 Å². The number of fused-ring (bicyclic) bond motifs is 1. The summed E-state index contributed by atoms with van der Waals surface area (Å²) < 4.78 is 47.0. The van der Waals surface area contributed by atoms with Gasteiger partial charge in [-0.25, -0.2) is 4.79 Å². The van der Waals surface area contributed by atoms with Gasteiger partial charge in [-0.1, -0.05) is 6.07 Å². The van der Waals surface area contributed by atoms with Crippen LogP contribution in [-0.4, -0.2) is 19.8 Å². The number of ether oxygens (including phenoxy) is 2. The number of hydrogen-bond acceptors (Lipinski definition) is 3. The number of alkyl halides is 3. The molecule has 18 heavy (non-hydrogen) atoms. The van der Waals surface area contributed by atoms with Crippen molar-refractivity contribution in [1.82, 2.24) is 5.32 Å². The Morgan fingerprint density at radius 2 is 2.22 bits per heavy atom. The molecule has 0 aromatic heterocycles. The van der Waals surface area contributed by atoms with Gasteiger partial charge in [0.2, 0.25) is 0 Å². The predicted octanol–water partition coefficient (Wildman–Crippen LogP) is 2.49. The molecular formula is C11H10F3NO3. The standard InChI is InChI=1S/C11H10F3NO3/c1-17-10(16)15-8-5-18-9-4-6(11(12,13)14)2-3-7(8)9/h2-4,8H,5H2,1H3,(H,15,16)/t8-/m1/s1. The van der Waals surface area contributed by atoms with Crippen LogP contribution < -0.4 is 10.1 Å². The maximum atomic E-state index is 12.5. The normalized spacial score (nSPS) is 17.9. The summed E-state index contributed by atoms with van der Waals surface area (Å²) in [4.78, 5) is 11.0. The summed E-state index contributed by atoms with van der Waals surface area (Å²) in [7, 11) is 1.21. The molecule has 1 heterocycles. The Morgan fingerprint density at radius 3 is 2.83 bits per heavy atom. The van der Waals surface area contributed by atoms with Gasteiger partial charge in [-0.05, 0) is 12.1 Å². The summed E-state index contributed by atoms with van der Waals surface area (Å²) in [5.74, 6) is 0.131. The van der Waals surface area contributed by atoms with Crippen LogP contribution in [-0.2, 0) is 10.9 Å². The van der Waals surface area contributed by atoms with Crippen molar-refractivity contribution in [2.45, 2.75) is 12.2 Å². The van der Waals surface area contributed by atoms with E-state index in [2.05, 4.69) is 10.1 Å². The highest BCUT2D eigenvalue weighted by molar-refractivity contribution is 5.68. The van der Waals surface area contributed by atoms with Gasteiger partial charge in [0.05, 0.1) is 18.7 Å². The SMILES string of the molecule is COC(=O)N[C@@H]1COc2cc(C(F)(F)F)ccc21. The molecule has 1 atom stereocenters. The third-order valence-electron chi connectivity index (χ3n) is 2.60.